The van der Waals surface area contributed by atoms with Gasteiger partial charge in [0.1, 0.15) is 0 Å². The van der Waals surface area contributed by atoms with E-state index in [-0.39, 0.29) is 0 Å². The van der Waals surface area contributed by atoms with Gasteiger partial charge in [-0.3, -0.25) is 0 Å². The summed E-state index contributed by atoms with van der Waals surface area (Å²) in [4.78, 5) is 0. The van der Waals surface area contributed by atoms with Crippen molar-refractivity contribution in [3.05, 3.63) is 491 Å². The fourth-order valence-corrected chi connectivity index (χ4v) is 29.7. The second-order valence-corrected chi connectivity index (χ2v) is 42.5. The van der Waals surface area contributed by atoms with Crippen LogP contribution in [-0.4, -0.2) is 13.7 Å². The van der Waals surface area contributed by atoms with Crippen LogP contribution in [0.25, 0.3) is 271 Å². The van der Waals surface area contributed by atoms with Gasteiger partial charge in [-0.05, 0) is 197 Å². The van der Waals surface area contributed by atoms with Gasteiger partial charge in [-0.25, -0.2) is 0 Å². The highest BCUT2D eigenvalue weighted by atomic mass is 32.1. The molecule has 9 aromatic heterocycles. The summed E-state index contributed by atoms with van der Waals surface area (Å²) in [5.41, 5.74) is 34.0. The molecule has 0 fully saturated rings. The van der Waals surface area contributed by atoms with Crippen LogP contribution in [-0.2, 0) is 0 Å². The molecule has 0 aliphatic heterocycles. The molecule has 0 bridgehead atoms. The van der Waals surface area contributed by atoms with Crippen molar-refractivity contribution in [2.24, 2.45) is 0 Å². The van der Waals surface area contributed by atoms with E-state index in [0.29, 0.717) is 0 Å². The van der Waals surface area contributed by atoms with Crippen LogP contribution in [0.5, 0.6) is 0 Å². The zero-order chi connectivity index (χ0) is 92.7. The van der Waals surface area contributed by atoms with Crippen molar-refractivity contribution >= 4 is 222 Å². The van der Waals surface area contributed by atoms with E-state index in [2.05, 4.69) is 505 Å². The van der Waals surface area contributed by atoms with Crippen molar-refractivity contribution in [3.63, 3.8) is 0 Å². The second kappa shape index (κ2) is 34.3. The predicted octanol–water partition coefficient (Wildman–Crippen LogP) is 40.1. The van der Waals surface area contributed by atoms with Crippen LogP contribution in [0.4, 0.5) is 0 Å². The monoisotopic (exact) mass is 1900 g/mol. The molecule has 9 heteroatoms. The number of thiophene rings is 6. The number of hydrogen-bond acceptors (Lipinski definition) is 6. The summed E-state index contributed by atoms with van der Waals surface area (Å²) in [5.74, 6) is 0. The van der Waals surface area contributed by atoms with Crippen molar-refractivity contribution in [1.29, 1.82) is 0 Å². The maximum atomic E-state index is 2.44. The van der Waals surface area contributed by atoms with Crippen LogP contribution >= 0.6 is 68.0 Å². The molecular formula is C132H81N3S6. The number of para-hydroxylation sites is 6. The van der Waals surface area contributed by atoms with Gasteiger partial charge in [0.25, 0.3) is 0 Å². The Morgan fingerprint density at radius 2 is 0.404 bits per heavy atom. The number of nitrogens with zero attached hydrogens (tertiary/aromatic N) is 3. The largest absolute Gasteiger partial charge is 0.308 e. The normalized spacial score (nSPS) is 11.8. The van der Waals surface area contributed by atoms with Gasteiger partial charge in [0.2, 0.25) is 0 Å². The second-order valence-electron chi connectivity index (χ2n) is 36.2. The molecule has 30 rings (SSSR count). The van der Waals surface area contributed by atoms with E-state index in [1.807, 2.05) is 68.0 Å². The van der Waals surface area contributed by atoms with Gasteiger partial charge in [0, 0.05) is 124 Å². The van der Waals surface area contributed by atoms with Crippen LogP contribution in [0.2, 0.25) is 0 Å². The number of aromatic nitrogens is 3. The molecule has 0 aliphatic rings. The lowest BCUT2D eigenvalue weighted by molar-refractivity contribution is 1.19. The molecule has 0 spiro atoms. The van der Waals surface area contributed by atoms with Crippen molar-refractivity contribution in [2.45, 2.75) is 0 Å². The van der Waals surface area contributed by atoms with E-state index in [1.165, 1.54) is 271 Å². The summed E-state index contributed by atoms with van der Waals surface area (Å²) in [5, 5.41) is 15.8. The molecule has 9 heterocycles. The summed E-state index contributed by atoms with van der Waals surface area (Å²) in [6.07, 6.45) is 0. The van der Waals surface area contributed by atoms with Gasteiger partial charge in [-0.15, -0.1) is 68.0 Å². The quantitative estimate of drug-likeness (QED) is 0.116. The maximum absolute atomic E-state index is 2.44. The van der Waals surface area contributed by atoms with E-state index < -0.39 is 0 Å². The molecular weight excluding hydrogens is 1820 g/mol. The molecule has 0 saturated carbocycles. The van der Waals surface area contributed by atoms with Crippen molar-refractivity contribution in [2.75, 3.05) is 0 Å². The summed E-state index contributed by atoms with van der Waals surface area (Å²) < 4.78 is 23.3. The lowest BCUT2D eigenvalue weighted by atomic mass is 9.95. The molecule has 0 atom stereocenters. The van der Waals surface area contributed by atoms with Crippen LogP contribution in [0.3, 0.4) is 0 Å². The molecule has 30 aromatic rings. The third-order valence-corrected chi connectivity index (χ3v) is 35.6. The summed E-state index contributed by atoms with van der Waals surface area (Å²) in [6.45, 7) is 0. The molecule has 3 nitrogen and oxygen atoms in total. The Kier molecular flexibility index (Phi) is 20.1. The highest BCUT2D eigenvalue weighted by Crippen LogP contribution is 2.54. The van der Waals surface area contributed by atoms with Gasteiger partial charge >= 0.3 is 0 Å². The first-order valence-corrected chi connectivity index (χ1v) is 52.7. The average molecular weight is 1900 g/mol. The molecule has 0 amide bonds. The number of fused-ring (bicyclic) bond motifs is 24. The van der Waals surface area contributed by atoms with Gasteiger partial charge in [-0.2, -0.15) is 0 Å². The Morgan fingerprint density at radius 3 is 0.872 bits per heavy atom. The minimum Gasteiger partial charge on any atom is -0.308 e. The minimum absolute atomic E-state index is 1.19. The lowest BCUT2D eigenvalue weighted by Gasteiger charge is -2.10. The van der Waals surface area contributed by atoms with Crippen molar-refractivity contribution in [1.82, 2.24) is 13.7 Å². The van der Waals surface area contributed by atoms with Crippen LogP contribution in [0, 0.1) is 0 Å². The molecule has 141 heavy (non-hydrogen) atoms. The molecule has 0 N–H and O–H groups in total. The molecule has 21 aromatic carbocycles. The van der Waals surface area contributed by atoms with E-state index in [9.17, 15) is 0 Å². The molecule has 0 saturated heterocycles. The van der Waals surface area contributed by atoms with E-state index in [4.69, 9.17) is 0 Å². The maximum Gasteiger partial charge on any atom is 0.0727 e. The average Bonchev–Trinajstić information content (AvgIpc) is 1.59. The summed E-state index contributed by atoms with van der Waals surface area (Å²) in [7, 11) is 0. The molecule has 660 valence electrons. The Bertz CT molecular complexity index is 10200. The molecule has 0 unspecified atom stereocenters. The zero-order valence-corrected chi connectivity index (χ0v) is 81.0. The van der Waals surface area contributed by atoms with E-state index in [0.717, 1.165) is 0 Å². The standard InChI is InChI=1S/3C44H27NS2/c1-3-13-28(14-4-1)33-21-10-23-36-40-32(20-12-26-39(40)46-42(33)36)29-15-9-16-30(27-29)34-22-11-24-37-41-44(47-43(34)37)35-19-7-8-25-38(35)45(41)31-17-5-2-6-18-31;1-3-12-28(13-4-1)29-24-25-40-38(27-29)35-21-10-19-33(42(35)46-40)30-14-9-15-31(26-30)34-20-11-22-37-41-44(47-43(34)37)36-18-7-8-23-39(36)45(41)32-16-5-2-6-17-32;1-3-12-28(13-4-1)33-19-10-21-35-36-22-11-20-34(43(36)47-42(33)35)31-15-9-14-29(26-31)30-24-25-38-40(27-30)46-44-37-18-7-8-23-39(37)45(41(38)44)32-16-5-2-6-17-32/h3*1-27H. The smallest absolute Gasteiger partial charge is 0.0727 e. The predicted molar refractivity (Wildman–Crippen MR) is 616 cm³/mol. The zero-order valence-electron chi connectivity index (χ0n) is 76.1. The van der Waals surface area contributed by atoms with Crippen LogP contribution in [0.1, 0.15) is 0 Å². The van der Waals surface area contributed by atoms with Crippen LogP contribution < -0.4 is 0 Å². The fourth-order valence-electron chi connectivity index (χ4n) is 21.9. The first-order valence-electron chi connectivity index (χ1n) is 47.8. The van der Waals surface area contributed by atoms with E-state index in [1.54, 1.807) is 0 Å². The van der Waals surface area contributed by atoms with Gasteiger partial charge in [0.05, 0.1) is 47.2 Å². The lowest BCUT2D eigenvalue weighted by Crippen LogP contribution is -1.92. The van der Waals surface area contributed by atoms with Gasteiger partial charge < -0.3 is 13.7 Å². The Labute approximate surface area is 837 Å². The minimum atomic E-state index is 1.19. The Morgan fingerprint density at radius 1 is 0.128 bits per heavy atom. The van der Waals surface area contributed by atoms with Gasteiger partial charge in [-0.1, -0.05) is 394 Å². The first-order chi connectivity index (χ1) is 70.0. The fraction of sp³-hybridized carbons (Fsp3) is 0. The third kappa shape index (κ3) is 13.9. The molecule has 0 aliphatic carbocycles. The highest BCUT2D eigenvalue weighted by molar-refractivity contribution is 7.29. The summed E-state index contributed by atoms with van der Waals surface area (Å²) in [6, 6.07) is 179. The Balaban J connectivity index is 0.000000104. The Hall–Kier alpha value is -16.4. The number of hydrogen-bond donors (Lipinski definition) is 0. The first kappa shape index (κ1) is 82.8. The van der Waals surface area contributed by atoms with Gasteiger partial charge in [0.15, 0.2) is 0 Å². The topological polar surface area (TPSA) is 14.8 Å². The molecule has 0 radical (unpaired) electrons. The van der Waals surface area contributed by atoms with Crippen LogP contribution in [0.15, 0.2) is 491 Å². The van der Waals surface area contributed by atoms with Crippen molar-refractivity contribution < 1.29 is 0 Å². The number of benzene rings is 21. The summed E-state index contributed by atoms with van der Waals surface area (Å²) >= 11 is 11.4. The van der Waals surface area contributed by atoms with Crippen molar-refractivity contribution in [3.8, 4) is 117 Å². The highest BCUT2D eigenvalue weighted by Gasteiger charge is 2.26. The SMILES string of the molecule is c1ccc(-c2ccc3sc4c(-c5cccc(-c6cccc7c6sc6c8ccccc8n(-c8ccccc8)c76)c5)cccc4c3c2)cc1.c1ccc(-c2cccc3c2sc2c(-c4cccc(-c5ccc6c(c5)sc5c7ccccc7n(-c7ccccc7)c65)c4)cccc23)cc1.c1ccc(-c2cccc3c2sc2cccc(-c4cccc(-c5cccc6c5sc5c7ccccc7n(-c7ccccc7)c65)c4)c23)cc1. The van der Waals surface area contributed by atoms with E-state index >= 15 is 0 Å². The number of rotatable bonds is 12. The third-order valence-electron chi connectivity index (χ3n) is 28.2.